The molecule has 144 valence electrons. The molecule has 4 N–H and O–H groups in total. The van der Waals surface area contributed by atoms with Crippen LogP contribution in [0.1, 0.15) is 48.4 Å². The second kappa shape index (κ2) is 6.98. The molecule has 0 radical (unpaired) electrons. The summed E-state index contributed by atoms with van der Waals surface area (Å²) in [5, 5.41) is 0.554. The molecule has 2 unspecified atom stereocenters. The lowest BCUT2D eigenvalue weighted by atomic mass is 9.87. The molecule has 1 aromatic rings. The summed E-state index contributed by atoms with van der Waals surface area (Å²) in [5.41, 5.74) is 12.9. The summed E-state index contributed by atoms with van der Waals surface area (Å²) >= 11 is 6.43. The van der Waals surface area contributed by atoms with Gasteiger partial charge >= 0.3 is 0 Å². The summed E-state index contributed by atoms with van der Waals surface area (Å²) in [6.07, 6.45) is 0. The Morgan fingerprint density at radius 3 is 2.30 bits per heavy atom. The van der Waals surface area contributed by atoms with Crippen molar-refractivity contribution in [3.8, 4) is 0 Å². The Labute approximate surface area is 163 Å². The van der Waals surface area contributed by atoms with E-state index in [2.05, 4.69) is 36.6 Å². The molecule has 2 amide bonds. The highest BCUT2D eigenvalue weighted by Gasteiger charge is 2.37. The van der Waals surface area contributed by atoms with Gasteiger partial charge in [0.1, 0.15) is 5.84 Å². The first kappa shape index (κ1) is 19.4. The zero-order chi connectivity index (χ0) is 19.9. The lowest BCUT2D eigenvalue weighted by Crippen LogP contribution is -2.41. The summed E-state index contributed by atoms with van der Waals surface area (Å²) < 4.78 is 0. The second-order valence-electron chi connectivity index (χ2n) is 7.97. The van der Waals surface area contributed by atoms with E-state index in [1.54, 1.807) is 24.3 Å². The number of amidine groups is 1. The SMILES string of the molecule is CC(CN1C(=O)c2ccccc2C1=O)/C(N)=N/C1=C(Cl)C(C(C)(C)C)NN1. The summed E-state index contributed by atoms with van der Waals surface area (Å²) in [7, 11) is 0. The van der Waals surface area contributed by atoms with Gasteiger partial charge in [-0.25, -0.2) is 10.4 Å². The van der Waals surface area contributed by atoms with Crippen LogP contribution in [0.25, 0.3) is 0 Å². The Balaban J connectivity index is 1.75. The van der Waals surface area contributed by atoms with Crippen LogP contribution < -0.4 is 16.6 Å². The molecule has 8 heteroatoms. The zero-order valence-corrected chi connectivity index (χ0v) is 16.6. The van der Waals surface area contributed by atoms with Crippen LogP contribution in [0.2, 0.25) is 0 Å². The summed E-state index contributed by atoms with van der Waals surface area (Å²) in [5.74, 6) is -0.173. The van der Waals surface area contributed by atoms with Crippen LogP contribution in [-0.2, 0) is 0 Å². The molecule has 2 atom stereocenters. The van der Waals surface area contributed by atoms with E-state index in [0.717, 1.165) is 0 Å². The lowest BCUT2D eigenvalue weighted by molar-refractivity contribution is 0.0644. The molecule has 2 heterocycles. The first-order valence-electron chi connectivity index (χ1n) is 8.81. The lowest BCUT2D eigenvalue weighted by Gasteiger charge is -2.26. The molecule has 0 fully saturated rings. The molecule has 0 saturated heterocycles. The van der Waals surface area contributed by atoms with Gasteiger partial charge in [-0.05, 0) is 17.5 Å². The smallest absolute Gasteiger partial charge is 0.261 e. The minimum atomic E-state index is -0.320. The number of hydrazine groups is 1. The van der Waals surface area contributed by atoms with Crippen LogP contribution in [0.5, 0.6) is 0 Å². The number of nitrogens with one attached hydrogen (secondary N) is 2. The fourth-order valence-corrected chi connectivity index (χ4v) is 3.56. The highest BCUT2D eigenvalue weighted by molar-refractivity contribution is 6.31. The highest BCUT2D eigenvalue weighted by atomic mass is 35.5. The van der Waals surface area contributed by atoms with Crippen molar-refractivity contribution in [2.75, 3.05) is 6.54 Å². The molecule has 0 aliphatic carbocycles. The molecule has 0 bridgehead atoms. The Hall–Kier alpha value is -2.38. The van der Waals surface area contributed by atoms with Crippen molar-refractivity contribution >= 4 is 29.3 Å². The first-order valence-corrected chi connectivity index (χ1v) is 9.19. The maximum atomic E-state index is 12.5. The number of imide groups is 1. The number of fused-ring (bicyclic) bond motifs is 1. The van der Waals surface area contributed by atoms with E-state index in [0.29, 0.717) is 27.8 Å². The molecule has 2 aliphatic rings. The fourth-order valence-electron chi connectivity index (χ4n) is 3.09. The van der Waals surface area contributed by atoms with E-state index in [-0.39, 0.29) is 35.7 Å². The van der Waals surface area contributed by atoms with Gasteiger partial charge in [0.25, 0.3) is 11.8 Å². The molecule has 0 aromatic heterocycles. The minimum absolute atomic E-state index is 0.0859. The number of halogens is 1. The molecule has 7 nitrogen and oxygen atoms in total. The van der Waals surface area contributed by atoms with Gasteiger partial charge in [-0.1, -0.05) is 51.4 Å². The molecule has 2 aliphatic heterocycles. The number of amides is 2. The van der Waals surface area contributed by atoms with Crippen molar-refractivity contribution in [1.29, 1.82) is 0 Å². The van der Waals surface area contributed by atoms with E-state index in [1.165, 1.54) is 4.90 Å². The standard InChI is InChI=1S/C19H24ClN5O2/c1-10(9-25-17(26)11-7-5-6-8-12(11)18(25)27)15(21)22-16-13(20)14(23-24-16)19(2,3)4/h5-8,10,14,23-24H,9H2,1-4H3,(H2,21,22). The van der Waals surface area contributed by atoms with E-state index in [4.69, 9.17) is 17.3 Å². The van der Waals surface area contributed by atoms with Gasteiger partial charge in [-0.15, -0.1) is 0 Å². The van der Waals surface area contributed by atoms with Crippen LogP contribution in [0.15, 0.2) is 40.1 Å². The quantitative estimate of drug-likeness (QED) is 0.416. The van der Waals surface area contributed by atoms with Gasteiger partial charge in [0.05, 0.1) is 22.2 Å². The number of benzene rings is 1. The fraction of sp³-hybridized carbons (Fsp3) is 0.421. The van der Waals surface area contributed by atoms with Gasteiger partial charge in [0, 0.05) is 12.5 Å². The van der Waals surface area contributed by atoms with Gasteiger partial charge < -0.3 is 11.2 Å². The maximum absolute atomic E-state index is 12.5. The molecule has 3 rings (SSSR count). The topological polar surface area (TPSA) is 99.8 Å². The van der Waals surface area contributed by atoms with Crippen molar-refractivity contribution in [3.05, 3.63) is 46.2 Å². The number of nitrogens with two attached hydrogens (primary N) is 1. The van der Waals surface area contributed by atoms with Crippen molar-refractivity contribution in [2.24, 2.45) is 22.1 Å². The van der Waals surface area contributed by atoms with Crippen LogP contribution >= 0.6 is 11.6 Å². The second-order valence-corrected chi connectivity index (χ2v) is 8.38. The van der Waals surface area contributed by atoms with Crippen LogP contribution in [0.4, 0.5) is 0 Å². The molecule has 0 spiro atoms. The summed E-state index contributed by atoms with van der Waals surface area (Å²) in [6.45, 7) is 8.17. The Bertz CT molecular complexity index is 821. The third kappa shape index (κ3) is 3.57. The van der Waals surface area contributed by atoms with E-state index < -0.39 is 0 Å². The van der Waals surface area contributed by atoms with Gasteiger partial charge in [-0.2, -0.15) is 0 Å². The van der Waals surface area contributed by atoms with E-state index >= 15 is 0 Å². The van der Waals surface area contributed by atoms with Gasteiger partial charge in [0.2, 0.25) is 0 Å². The molecular formula is C19H24ClN5O2. The Morgan fingerprint density at radius 1 is 1.26 bits per heavy atom. The predicted octanol–water partition coefficient (Wildman–Crippen LogP) is 2.21. The molecule has 1 aromatic carbocycles. The van der Waals surface area contributed by atoms with E-state index in [9.17, 15) is 9.59 Å². The Kier molecular flexibility index (Phi) is 5.01. The molecule has 0 saturated carbocycles. The van der Waals surface area contributed by atoms with Gasteiger partial charge in [-0.3, -0.25) is 14.5 Å². The average molecular weight is 390 g/mol. The van der Waals surface area contributed by atoms with Gasteiger partial charge in [0.15, 0.2) is 5.82 Å². The Morgan fingerprint density at radius 2 is 1.81 bits per heavy atom. The average Bonchev–Trinajstić information content (AvgIpc) is 3.08. The third-order valence-corrected chi connectivity index (χ3v) is 5.16. The number of aliphatic imine (C=N–C) groups is 1. The van der Waals surface area contributed by atoms with Crippen molar-refractivity contribution in [2.45, 2.75) is 33.7 Å². The zero-order valence-electron chi connectivity index (χ0n) is 15.8. The number of carbonyl (C=O) groups excluding carboxylic acids is 2. The number of hydrogen-bond donors (Lipinski definition) is 3. The predicted molar refractivity (Wildman–Crippen MR) is 105 cm³/mol. The third-order valence-electron chi connectivity index (χ3n) is 4.76. The number of carbonyl (C=O) groups is 2. The maximum Gasteiger partial charge on any atom is 0.261 e. The minimum Gasteiger partial charge on any atom is -0.387 e. The number of nitrogens with zero attached hydrogens (tertiary/aromatic N) is 2. The van der Waals surface area contributed by atoms with Crippen molar-refractivity contribution in [1.82, 2.24) is 15.8 Å². The van der Waals surface area contributed by atoms with E-state index in [1.807, 2.05) is 6.92 Å². The van der Waals surface area contributed by atoms with Crippen LogP contribution in [0.3, 0.4) is 0 Å². The highest BCUT2D eigenvalue weighted by Crippen LogP contribution is 2.31. The summed E-state index contributed by atoms with van der Waals surface area (Å²) in [4.78, 5) is 30.6. The van der Waals surface area contributed by atoms with Crippen LogP contribution in [0, 0.1) is 11.3 Å². The van der Waals surface area contributed by atoms with Crippen molar-refractivity contribution in [3.63, 3.8) is 0 Å². The normalized spacial score (nSPS) is 21.6. The first-order chi connectivity index (χ1) is 12.6. The monoisotopic (exact) mass is 389 g/mol. The molecule has 27 heavy (non-hydrogen) atoms. The van der Waals surface area contributed by atoms with Crippen molar-refractivity contribution < 1.29 is 9.59 Å². The molecular weight excluding hydrogens is 366 g/mol. The largest absolute Gasteiger partial charge is 0.387 e. The number of rotatable bonds is 4. The number of hydrogen-bond acceptors (Lipinski definition) is 5. The summed E-state index contributed by atoms with van der Waals surface area (Å²) in [6, 6.07) is 6.71. The van der Waals surface area contributed by atoms with Crippen LogP contribution in [-0.4, -0.2) is 35.1 Å².